The molecule has 2 aromatic rings. The number of rotatable bonds is 2. The van der Waals surface area contributed by atoms with E-state index >= 15 is 0 Å². The number of nitrogen functional groups attached to an aromatic ring is 1. The first-order chi connectivity index (χ1) is 9.09. The molecule has 0 spiro atoms. The Morgan fingerprint density at radius 3 is 2.05 bits per heavy atom. The first-order valence-corrected chi connectivity index (χ1v) is 5.83. The van der Waals surface area contributed by atoms with Crippen LogP contribution in [0.5, 0.6) is 0 Å². The van der Waals surface area contributed by atoms with Gasteiger partial charge in [-0.15, -0.1) is 0 Å². The Bertz CT molecular complexity index is 585. The highest BCUT2D eigenvalue weighted by Crippen LogP contribution is 2.18. The summed E-state index contributed by atoms with van der Waals surface area (Å²) in [6.45, 7) is 0. The number of anilines is 1. The van der Waals surface area contributed by atoms with Gasteiger partial charge in [0, 0.05) is 5.69 Å². The second-order valence-corrected chi connectivity index (χ2v) is 4.15. The number of carbonyl (C=O) groups is 2. The topological polar surface area (TPSA) is 69.4 Å². The van der Waals surface area contributed by atoms with Gasteiger partial charge in [0.15, 0.2) is 0 Å². The number of para-hydroxylation sites is 1. The third-order valence-electron chi connectivity index (χ3n) is 2.46. The fourth-order valence-corrected chi connectivity index (χ4v) is 1.72. The van der Waals surface area contributed by atoms with E-state index in [2.05, 4.69) is 0 Å². The van der Waals surface area contributed by atoms with Crippen molar-refractivity contribution in [3.8, 4) is 0 Å². The van der Waals surface area contributed by atoms with Crippen molar-refractivity contribution in [3.05, 3.63) is 64.7 Å². The molecule has 96 valence electrons. The standard InChI is InChI=1S/C14H10ClNO3/c15-11-7-3-1-5-9(11)13(17)19-14(18)10-6-2-4-8-12(10)16/h1-8H,16H2. The molecule has 0 aromatic heterocycles. The molecule has 0 saturated heterocycles. The summed E-state index contributed by atoms with van der Waals surface area (Å²) < 4.78 is 4.74. The van der Waals surface area contributed by atoms with Crippen molar-refractivity contribution in [1.29, 1.82) is 0 Å². The molecule has 0 unspecified atom stereocenters. The normalized spacial score (nSPS) is 9.95. The molecule has 2 rings (SSSR count). The van der Waals surface area contributed by atoms with Crippen molar-refractivity contribution in [3.63, 3.8) is 0 Å². The van der Waals surface area contributed by atoms with Crippen LogP contribution < -0.4 is 5.73 Å². The second-order valence-electron chi connectivity index (χ2n) is 3.74. The molecule has 0 atom stereocenters. The van der Waals surface area contributed by atoms with Crippen LogP contribution in [-0.2, 0) is 4.74 Å². The summed E-state index contributed by atoms with van der Waals surface area (Å²) in [6.07, 6.45) is 0. The Labute approximate surface area is 114 Å². The summed E-state index contributed by atoms with van der Waals surface area (Å²) in [4.78, 5) is 23.6. The number of benzene rings is 2. The molecule has 0 aliphatic heterocycles. The van der Waals surface area contributed by atoms with Gasteiger partial charge in [0.2, 0.25) is 0 Å². The van der Waals surface area contributed by atoms with E-state index in [0.717, 1.165) is 0 Å². The van der Waals surface area contributed by atoms with Gasteiger partial charge in [-0.3, -0.25) is 0 Å². The molecule has 0 saturated carbocycles. The van der Waals surface area contributed by atoms with Gasteiger partial charge in [-0.05, 0) is 24.3 Å². The molecular formula is C14H10ClNO3. The summed E-state index contributed by atoms with van der Waals surface area (Å²) in [6, 6.07) is 12.7. The summed E-state index contributed by atoms with van der Waals surface area (Å²) in [5.74, 6) is -1.61. The lowest BCUT2D eigenvalue weighted by Crippen LogP contribution is -2.14. The number of esters is 2. The maximum absolute atomic E-state index is 11.8. The number of carbonyl (C=O) groups excluding carboxylic acids is 2. The predicted molar refractivity (Wildman–Crippen MR) is 72.1 cm³/mol. The van der Waals surface area contributed by atoms with Gasteiger partial charge in [0.1, 0.15) is 0 Å². The Morgan fingerprint density at radius 2 is 1.42 bits per heavy atom. The van der Waals surface area contributed by atoms with Gasteiger partial charge in [0.25, 0.3) is 0 Å². The molecule has 0 fully saturated rings. The number of hydrogen-bond acceptors (Lipinski definition) is 4. The van der Waals surface area contributed by atoms with Gasteiger partial charge >= 0.3 is 11.9 Å². The lowest BCUT2D eigenvalue weighted by molar-refractivity contribution is 0.0399. The van der Waals surface area contributed by atoms with Gasteiger partial charge in [-0.2, -0.15) is 0 Å². The van der Waals surface area contributed by atoms with Gasteiger partial charge in [-0.25, -0.2) is 9.59 Å². The highest BCUT2D eigenvalue weighted by Gasteiger charge is 2.18. The van der Waals surface area contributed by atoms with E-state index in [0.29, 0.717) is 0 Å². The minimum absolute atomic E-state index is 0.131. The number of hydrogen-bond donors (Lipinski definition) is 1. The first kappa shape index (κ1) is 13.1. The molecule has 19 heavy (non-hydrogen) atoms. The van der Waals surface area contributed by atoms with Crippen LogP contribution in [0.1, 0.15) is 20.7 Å². The van der Waals surface area contributed by atoms with E-state index in [-0.39, 0.29) is 21.8 Å². The van der Waals surface area contributed by atoms with E-state index in [4.69, 9.17) is 22.1 Å². The molecular weight excluding hydrogens is 266 g/mol. The zero-order chi connectivity index (χ0) is 13.8. The van der Waals surface area contributed by atoms with Gasteiger partial charge in [0.05, 0.1) is 16.1 Å². The van der Waals surface area contributed by atoms with Gasteiger partial charge in [-0.1, -0.05) is 35.9 Å². The van der Waals surface area contributed by atoms with Crippen molar-refractivity contribution < 1.29 is 14.3 Å². The summed E-state index contributed by atoms with van der Waals surface area (Å²) in [7, 11) is 0. The zero-order valence-corrected chi connectivity index (χ0v) is 10.6. The van der Waals surface area contributed by atoms with Crippen LogP contribution in [0.25, 0.3) is 0 Å². The van der Waals surface area contributed by atoms with Crippen LogP contribution in [0.4, 0.5) is 5.69 Å². The zero-order valence-electron chi connectivity index (χ0n) is 9.80. The Hall–Kier alpha value is -2.33. The van der Waals surface area contributed by atoms with Crippen molar-refractivity contribution in [2.24, 2.45) is 0 Å². The minimum Gasteiger partial charge on any atom is -0.398 e. The van der Waals surface area contributed by atoms with E-state index < -0.39 is 11.9 Å². The first-order valence-electron chi connectivity index (χ1n) is 5.45. The van der Waals surface area contributed by atoms with Crippen LogP contribution in [-0.4, -0.2) is 11.9 Å². The summed E-state index contributed by atoms with van der Waals surface area (Å²) >= 11 is 5.84. The molecule has 2 aromatic carbocycles. The molecule has 5 heteroatoms. The Morgan fingerprint density at radius 1 is 0.895 bits per heavy atom. The third kappa shape index (κ3) is 2.92. The van der Waals surface area contributed by atoms with E-state index in [1.807, 2.05) is 0 Å². The average Bonchev–Trinajstić information content (AvgIpc) is 2.39. The second kappa shape index (κ2) is 5.54. The highest BCUT2D eigenvalue weighted by atomic mass is 35.5. The summed E-state index contributed by atoms with van der Waals surface area (Å²) in [5, 5.41) is 0.223. The van der Waals surface area contributed by atoms with Crippen LogP contribution in [0.2, 0.25) is 5.02 Å². The summed E-state index contributed by atoms with van der Waals surface area (Å²) in [5.41, 5.74) is 6.15. The average molecular weight is 276 g/mol. The number of ether oxygens (including phenoxy) is 1. The van der Waals surface area contributed by atoms with E-state index in [1.54, 1.807) is 36.4 Å². The van der Waals surface area contributed by atoms with Gasteiger partial charge < -0.3 is 10.5 Å². The number of nitrogens with two attached hydrogens (primary N) is 1. The fourth-order valence-electron chi connectivity index (χ4n) is 1.50. The molecule has 0 amide bonds. The lowest BCUT2D eigenvalue weighted by atomic mass is 10.2. The van der Waals surface area contributed by atoms with Crippen molar-refractivity contribution in [2.75, 3.05) is 5.73 Å². The third-order valence-corrected chi connectivity index (χ3v) is 2.79. The van der Waals surface area contributed by atoms with E-state index in [1.165, 1.54) is 12.1 Å². The SMILES string of the molecule is Nc1ccccc1C(=O)OC(=O)c1ccccc1Cl. The molecule has 2 N–H and O–H groups in total. The predicted octanol–water partition coefficient (Wildman–Crippen LogP) is 2.92. The maximum atomic E-state index is 11.8. The minimum atomic E-state index is -0.807. The molecule has 4 nitrogen and oxygen atoms in total. The maximum Gasteiger partial charge on any atom is 0.348 e. The lowest BCUT2D eigenvalue weighted by Gasteiger charge is -2.06. The smallest absolute Gasteiger partial charge is 0.348 e. The van der Waals surface area contributed by atoms with Crippen LogP contribution in [0.3, 0.4) is 0 Å². The monoisotopic (exact) mass is 275 g/mol. The largest absolute Gasteiger partial charge is 0.398 e. The van der Waals surface area contributed by atoms with E-state index in [9.17, 15) is 9.59 Å². The fraction of sp³-hybridized carbons (Fsp3) is 0. The molecule has 0 bridgehead atoms. The highest BCUT2D eigenvalue weighted by molar-refractivity contribution is 6.33. The Kier molecular flexibility index (Phi) is 3.82. The van der Waals surface area contributed by atoms with Crippen LogP contribution in [0, 0.1) is 0 Å². The van der Waals surface area contributed by atoms with Crippen molar-refractivity contribution in [2.45, 2.75) is 0 Å². The molecule has 0 aliphatic carbocycles. The number of halogens is 1. The molecule has 0 heterocycles. The Balaban J connectivity index is 2.19. The van der Waals surface area contributed by atoms with Crippen LogP contribution >= 0.6 is 11.6 Å². The quantitative estimate of drug-likeness (QED) is 0.520. The van der Waals surface area contributed by atoms with Crippen LogP contribution in [0.15, 0.2) is 48.5 Å². The molecule has 0 aliphatic rings. The van der Waals surface area contributed by atoms with Crippen molar-refractivity contribution >= 4 is 29.2 Å². The van der Waals surface area contributed by atoms with Crippen molar-refractivity contribution in [1.82, 2.24) is 0 Å². The molecule has 0 radical (unpaired) electrons.